The van der Waals surface area contributed by atoms with Gasteiger partial charge in [-0.15, -0.1) is 0 Å². The fraction of sp³-hybridized carbons (Fsp3) is 0.148. The van der Waals surface area contributed by atoms with Gasteiger partial charge in [0.05, 0.1) is 28.0 Å². The van der Waals surface area contributed by atoms with E-state index in [2.05, 4.69) is 174 Å². The highest BCUT2D eigenvalue weighted by Gasteiger charge is 2.25. The molecule has 7 aromatic carbocycles. The SMILES string of the molecule is CC(C)(C)c1cc(-c2cc3oc4c5ccccc5ccc4c3cn2)cc(-c2cccc3c2nc(-c2ccccc2O)n3-c2ccc(C(C)(C)C)cc2-c2ccccc2)c1. The molecule has 0 saturated carbocycles. The zero-order valence-electron chi connectivity index (χ0n) is 34.2. The lowest BCUT2D eigenvalue weighted by atomic mass is 9.83. The van der Waals surface area contributed by atoms with Crippen molar-refractivity contribution in [2.45, 2.75) is 52.4 Å². The molecule has 3 aromatic heterocycles. The molecule has 0 radical (unpaired) electrons. The Balaban J connectivity index is 1.21. The van der Waals surface area contributed by atoms with E-state index in [9.17, 15) is 5.11 Å². The first-order chi connectivity index (χ1) is 28.4. The highest BCUT2D eigenvalue weighted by atomic mass is 16.3. The topological polar surface area (TPSA) is 64.1 Å². The minimum atomic E-state index is -0.152. The molecule has 0 spiro atoms. The molecule has 0 unspecified atom stereocenters. The summed E-state index contributed by atoms with van der Waals surface area (Å²) in [7, 11) is 0. The van der Waals surface area contributed by atoms with E-state index in [1.54, 1.807) is 6.07 Å². The normalized spacial score (nSPS) is 12.3. The van der Waals surface area contributed by atoms with Gasteiger partial charge in [0.15, 0.2) is 0 Å². The number of hydrogen-bond acceptors (Lipinski definition) is 4. The molecule has 0 atom stereocenters. The number of rotatable bonds is 5. The Morgan fingerprint density at radius 1 is 0.542 bits per heavy atom. The molecular weight excluding hydrogens is 723 g/mol. The molecule has 5 nitrogen and oxygen atoms in total. The molecule has 288 valence electrons. The zero-order chi connectivity index (χ0) is 40.6. The van der Waals surface area contributed by atoms with Crippen molar-refractivity contribution in [1.29, 1.82) is 0 Å². The fourth-order valence-electron chi connectivity index (χ4n) is 8.39. The maximum absolute atomic E-state index is 11.4. The number of aromatic nitrogens is 3. The Morgan fingerprint density at radius 2 is 1.27 bits per heavy atom. The number of benzene rings is 7. The third-order valence-corrected chi connectivity index (χ3v) is 11.7. The van der Waals surface area contributed by atoms with Gasteiger partial charge in [-0.2, -0.15) is 0 Å². The summed E-state index contributed by atoms with van der Waals surface area (Å²) in [5.41, 5.74) is 13.4. The van der Waals surface area contributed by atoms with Crippen LogP contribution in [0.1, 0.15) is 52.7 Å². The van der Waals surface area contributed by atoms with Crippen LogP contribution < -0.4 is 0 Å². The van der Waals surface area contributed by atoms with E-state index < -0.39 is 0 Å². The minimum Gasteiger partial charge on any atom is -0.507 e. The summed E-state index contributed by atoms with van der Waals surface area (Å²) >= 11 is 0. The summed E-state index contributed by atoms with van der Waals surface area (Å²) in [6.07, 6.45) is 1.95. The third kappa shape index (κ3) is 6.25. The van der Waals surface area contributed by atoms with Crippen molar-refractivity contribution in [2.24, 2.45) is 0 Å². The van der Waals surface area contributed by atoms with Gasteiger partial charge in [0.25, 0.3) is 0 Å². The number of aromatic hydroxyl groups is 1. The monoisotopic (exact) mass is 767 g/mol. The average molecular weight is 768 g/mol. The van der Waals surface area contributed by atoms with Gasteiger partial charge in [0.2, 0.25) is 0 Å². The molecule has 0 aliphatic rings. The Hall–Kier alpha value is -6.98. The van der Waals surface area contributed by atoms with Crippen LogP contribution in [0.15, 0.2) is 162 Å². The largest absolute Gasteiger partial charge is 0.507 e. The number of furan rings is 1. The van der Waals surface area contributed by atoms with Crippen LogP contribution in [0.5, 0.6) is 5.75 Å². The van der Waals surface area contributed by atoms with Crippen LogP contribution in [-0.2, 0) is 10.8 Å². The fourth-order valence-corrected chi connectivity index (χ4v) is 8.39. The number of hydrogen-bond donors (Lipinski definition) is 1. The molecule has 1 N–H and O–H groups in total. The van der Waals surface area contributed by atoms with E-state index in [0.717, 1.165) is 82.9 Å². The molecule has 59 heavy (non-hydrogen) atoms. The first-order valence-corrected chi connectivity index (χ1v) is 20.3. The smallest absolute Gasteiger partial charge is 0.149 e. The Bertz CT molecular complexity index is 3250. The van der Waals surface area contributed by atoms with Gasteiger partial charge in [-0.1, -0.05) is 139 Å². The van der Waals surface area contributed by atoms with E-state index in [1.807, 2.05) is 24.4 Å². The molecule has 10 rings (SSSR count). The first-order valence-electron chi connectivity index (χ1n) is 20.3. The van der Waals surface area contributed by atoms with Gasteiger partial charge in [-0.3, -0.25) is 9.55 Å². The molecule has 0 amide bonds. The number of fused-ring (bicyclic) bond motifs is 6. The number of phenolic OH excluding ortho intramolecular Hbond substituents is 1. The minimum absolute atomic E-state index is 0.0548. The van der Waals surface area contributed by atoms with E-state index in [4.69, 9.17) is 14.4 Å². The van der Waals surface area contributed by atoms with Crippen molar-refractivity contribution in [3.8, 4) is 56.3 Å². The van der Waals surface area contributed by atoms with E-state index >= 15 is 0 Å². The Morgan fingerprint density at radius 3 is 2.07 bits per heavy atom. The van der Waals surface area contributed by atoms with Crippen LogP contribution in [0.2, 0.25) is 0 Å². The van der Waals surface area contributed by atoms with Gasteiger partial charge >= 0.3 is 0 Å². The molecule has 0 aliphatic carbocycles. The van der Waals surface area contributed by atoms with Gasteiger partial charge in [-0.05, 0) is 87.0 Å². The summed E-state index contributed by atoms with van der Waals surface area (Å²) in [6, 6.07) is 52.6. The maximum atomic E-state index is 11.4. The molecule has 0 fully saturated rings. The Labute approximate surface area is 344 Å². The van der Waals surface area contributed by atoms with Crippen molar-refractivity contribution in [2.75, 3.05) is 0 Å². The lowest BCUT2D eigenvalue weighted by molar-refractivity contribution is 0.477. The van der Waals surface area contributed by atoms with Crippen LogP contribution in [0.4, 0.5) is 0 Å². The summed E-state index contributed by atoms with van der Waals surface area (Å²) in [5, 5.41) is 15.7. The molecule has 3 heterocycles. The summed E-state index contributed by atoms with van der Waals surface area (Å²) < 4.78 is 8.82. The summed E-state index contributed by atoms with van der Waals surface area (Å²) in [5.74, 6) is 0.846. The van der Waals surface area contributed by atoms with Crippen LogP contribution >= 0.6 is 0 Å². The van der Waals surface area contributed by atoms with Crippen molar-refractivity contribution in [3.63, 3.8) is 0 Å². The molecule has 10 aromatic rings. The predicted molar refractivity (Wildman–Crippen MR) is 244 cm³/mol. The van der Waals surface area contributed by atoms with Crippen LogP contribution in [0.3, 0.4) is 0 Å². The number of phenols is 1. The number of para-hydroxylation sites is 2. The van der Waals surface area contributed by atoms with Crippen molar-refractivity contribution in [3.05, 3.63) is 169 Å². The second-order valence-electron chi connectivity index (χ2n) is 17.7. The van der Waals surface area contributed by atoms with Crippen molar-refractivity contribution >= 4 is 43.7 Å². The van der Waals surface area contributed by atoms with Gasteiger partial charge in [0.1, 0.15) is 22.7 Å². The molecular formula is C54H45N3O2. The predicted octanol–water partition coefficient (Wildman–Crippen LogP) is 14.4. The van der Waals surface area contributed by atoms with Crippen molar-refractivity contribution < 1.29 is 9.52 Å². The lowest BCUT2D eigenvalue weighted by Gasteiger charge is -2.23. The quantitative estimate of drug-likeness (QED) is 0.189. The molecule has 0 saturated heterocycles. The maximum Gasteiger partial charge on any atom is 0.149 e. The molecule has 0 aliphatic heterocycles. The van der Waals surface area contributed by atoms with Crippen molar-refractivity contribution in [1.82, 2.24) is 14.5 Å². The average Bonchev–Trinajstić information content (AvgIpc) is 3.82. The third-order valence-electron chi connectivity index (χ3n) is 11.7. The number of pyridine rings is 1. The van der Waals surface area contributed by atoms with E-state index in [0.29, 0.717) is 11.4 Å². The van der Waals surface area contributed by atoms with Gasteiger partial charge in [-0.25, -0.2) is 4.98 Å². The number of imidazole rings is 1. The lowest BCUT2D eigenvalue weighted by Crippen LogP contribution is -2.12. The van der Waals surface area contributed by atoms with E-state index in [1.165, 1.54) is 11.1 Å². The molecule has 5 heteroatoms. The van der Waals surface area contributed by atoms with Crippen LogP contribution in [0, 0.1) is 0 Å². The highest BCUT2D eigenvalue weighted by molar-refractivity contribution is 6.15. The first kappa shape index (κ1) is 36.4. The van der Waals surface area contributed by atoms with Crippen LogP contribution in [0.25, 0.3) is 94.3 Å². The highest BCUT2D eigenvalue weighted by Crippen LogP contribution is 2.43. The second-order valence-corrected chi connectivity index (χ2v) is 17.7. The van der Waals surface area contributed by atoms with Crippen LogP contribution in [-0.4, -0.2) is 19.6 Å². The Kier molecular flexibility index (Phi) is 8.36. The zero-order valence-corrected chi connectivity index (χ0v) is 34.2. The summed E-state index contributed by atoms with van der Waals surface area (Å²) in [6.45, 7) is 13.5. The number of nitrogens with zero attached hydrogens (tertiary/aromatic N) is 3. The molecule has 0 bridgehead atoms. The van der Waals surface area contributed by atoms with E-state index in [-0.39, 0.29) is 16.6 Å². The van der Waals surface area contributed by atoms with Gasteiger partial charge < -0.3 is 9.52 Å². The van der Waals surface area contributed by atoms with Gasteiger partial charge in [0, 0.05) is 45.1 Å². The standard InChI is InChI=1S/C54H45N3O2/c1-53(2,3)37-24-26-46(43(30-37)33-15-8-7-9-16-33)57-47-21-14-20-39(50(47)56-52(57)42-19-12-13-22-48(42)58)35-27-36(29-38(28-35)54(4,5)6)45-31-49-44(32-55-45)41-25-23-34-17-10-11-18-40(34)51(41)59-49/h7-32,58H,1-6H3. The second kappa shape index (κ2) is 13.6. The summed E-state index contributed by atoms with van der Waals surface area (Å²) in [4.78, 5) is 10.5.